The normalized spacial score (nSPS) is 20.6. The van der Waals surface area contributed by atoms with Crippen LogP contribution in [0.1, 0.15) is 44.7 Å². The molecule has 1 aliphatic heterocycles. The minimum Gasteiger partial charge on any atom is -0.493 e. The first-order valence-corrected chi connectivity index (χ1v) is 6.94. The Morgan fingerprint density at radius 2 is 2.10 bits per heavy atom. The number of halogens is 3. The van der Waals surface area contributed by atoms with E-state index in [1.807, 2.05) is 19.9 Å². The quantitative estimate of drug-likeness (QED) is 0.856. The molecule has 0 bridgehead atoms. The Hall–Kier alpha value is -1.43. The molecule has 0 saturated heterocycles. The van der Waals surface area contributed by atoms with Crippen LogP contribution in [0.4, 0.5) is 13.2 Å². The zero-order chi connectivity index (χ0) is 15.7. The number of fused-ring (bicyclic) bond motifs is 1. The molecule has 6 heteroatoms. The van der Waals surface area contributed by atoms with Crippen molar-refractivity contribution in [3.05, 3.63) is 23.8 Å². The molecule has 0 aromatic heterocycles. The van der Waals surface area contributed by atoms with Gasteiger partial charge >= 0.3 is 6.18 Å². The van der Waals surface area contributed by atoms with Gasteiger partial charge in [-0.15, -0.1) is 0 Å². The predicted octanol–water partition coefficient (Wildman–Crippen LogP) is 3.97. The molecule has 1 heterocycles. The highest BCUT2D eigenvalue weighted by Crippen LogP contribution is 2.40. The lowest BCUT2D eigenvalue weighted by atomic mass is 9.90. The van der Waals surface area contributed by atoms with E-state index in [4.69, 9.17) is 15.2 Å². The van der Waals surface area contributed by atoms with Gasteiger partial charge in [0.1, 0.15) is 17.1 Å². The minimum atomic E-state index is -4.14. The Bertz CT molecular complexity index is 500. The topological polar surface area (TPSA) is 44.5 Å². The van der Waals surface area contributed by atoms with Crippen LogP contribution in [0.2, 0.25) is 0 Å². The fourth-order valence-electron chi connectivity index (χ4n) is 2.44. The summed E-state index contributed by atoms with van der Waals surface area (Å²) in [7, 11) is 0. The van der Waals surface area contributed by atoms with Crippen LogP contribution in [-0.4, -0.2) is 18.4 Å². The van der Waals surface area contributed by atoms with Gasteiger partial charge in [-0.25, -0.2) is 0 Å². The average Bonchev–Trinajstić information content (AvgIpc) is 2.31. The molecule has 3 nitrogen and oxygen atoms in total. The molecule has 2 N–H and O–H groups in total. The van der Waals surface area contributed by atoms with E-state index in [1.165, 1.54) is 0 Å². The molecule has 0 fully saturated rings. The molecular formula is C15H20F3NO2. The van der Waals surface area contributed by atoms with Crippen LogP contribution in [-0.2, 0) is 0 Å². The van der Waals surface area contributed by atoms with Gasteiger partial charge in [0.15, 0.2) is 0 Å². The first-order valence-electron chi connectivity index (χ1n) is 6.94. The summed E-state index contributed by atoms with van der Waals surface area (Å²) < 4.78 is 47.3. The minimum absolute atomic E-state index is 0.0216. The van der Waals surface area contributed by atoms with Gasteiger partial charge < -0.3 is 15.2 Å². The maximum Gasteiger partial charge on any atom is 0.389 e. The van der Waals surface area contributed by atoms with Crippen LogP contribution in [0.3, 0.4) is 0 Å². The van der Waals surface area contributed by atoms with Crippen molar-refractivity contribution in [1.82, 2.24) is 0 Å². The van der Waals surface area contributed by atoms with Crippen LogP contribution in [0.25, 0.3) is 0 Å². The smallest absolute Gasteiger partial charge is 0.389 e. The Morgan fingerprint density at radius 3 is 2.76 bits per heavy atom. The summed E-state index contributed by atoms with van der Waals surface area (Å²) in [5, 5.41) is 0. The van der Waals surface area contributed by atoms with Gasteiger partial charge in [0.25, 0.3) is 0 Å². The van der Waals surface area contributed by atoms with Crippen molar-refractivity contribution in [2.75, 3.05) is 6.61 Å². The van der Waals surface area contributed by atoms with Crippen molar-refractivity contribution in [3.8, 4) is 11.5 Å². The molecular weight excluding hydrogens is 283 g/mol. The lowest BCUT2D eigenvalue weighted by Gasteiger charge is -2.36. The third kappa shape index (κ3) is 4.52. The summed E-state index contributed by atoms with van der Waals surface area (Å²) in [5.41, 5.74) is 6.64. The summed E-state index contributed by atoms with van der Waals surface area (Å²) in [6, 6.07) is 5.12. The molecule has 21 heavy (non-hydrogen) atoms. The van der Waals surface area contributed by atoms with Crippen LogP contribution < -0.4 is 15.2 Å². The number of hydrogen-bond donors (Lipinski definition) is 1. The summed E-state index contributed by atoms with van der Waals surface area (Å²) in [6.45, 7) is 3.92. The second kappa shape index (κ2) is 5.75. The number of alkyl halides is 3. The summed E-state index contributed by atoms with van der Waals surface area (Å²) in [5.74, 6) is 1.15. The number of benzene rings is 1. The number of ether oxygens (including phenoxy) is 2. The predicted molar refractivity (Wildman–Crippen MR) is 73.5 cm³/mol. The molecule has 0 radical (unpaired) electrons. The van der Waals surface area contributed by atoms with E-state index < -0.39 is 12.6 Å². The second-order valence-corrected chi connectivity index (χ2v) is 5.94. The molecule has 0 spiro atoms. The van der Waals surface area contributed by atoms with Crippen molar-refractivity contribution in [2.24, 2.45) is 5.73 Å². The highest BCUT2D eigenvalue weighted by atomic mass is 19.4. The van der Waals surface area contributed by atoms with Crippen LogP contribution in [0, 0.1) is 0 Å². The van der Waals surface area contributed by atoms with Crippen LogP contribution in [0.5, 0.6) is 11.5 Å². The zero-order valence-electron chi connectivity index (χ0n) is 12.2. The van der Waals surface area contributed by atoms with E-state index in [0.29, 0.717) is 17.9 Å². The zero-order valence-corrected chi connectivity index (χ0v) is 12.2. The summed E-state index contributed by atoms with van der Waals surface area (Å²) >= 11 is 0. The summed E-state index contributed by atoms with van der Waals surface area (Å²) in [4.78, 5) is 0. The number of hydrogen-bond acceptors (Lipinski definition) is 3. The van der Waals surface area contributed by atoms with Gasteiger partial charge in [-0.05, 0) is 26.3 Å². The summed E-state index contributed by atoms with van der Waals surface area (Å²) in [6.07, 6.45) is -4.33. The first-order chi connectivity index (χ1) is 9.66. The third-order valence-electron chi connectivity index (χ3n) is 3.36. The molecule has 1 aromatic carbocycles. The first kappa shape index (κ1) is 15.9. The van der Waals surface area contributed by atoms with Gasteiger partial charge in [-0.3, -0.25) is 0 Å². The largest absolute Gasteiger partial charge is 0.493 e. The van der Waals surface area contributed by atoms with Crippen LogP contribution in [0.15, 0.2) is 18.2 Å². The van der Waals surface area contributed by atoms with Gasteiger partial charge in [0, 0.05) is 30.5 Å². The van der Waals surface area contributed by atoms with E-state index in [9.17, 15) is 13.2 Å². The Kier molecular flexibility index (Phi) is 4.37. The molecule has 2 rings (SSSR count). The van der Waals surface area contributed by atoms with Crippen LogP contribution >= 0.6 is 0 Å². The number of nitrogens with two attached hydrogens (primary N) is 1. The van der Waals surface area contributed by atoms with E-state index in [-0.39, 0.29) is 24.7 Å². The molecule has 0 saturated carbocycles. The molecule has 1 unspecified atom stereocenters. The monoisotopic (exact) mass is 303 g/mol. The fraction of sp³-hybridized carbons (Fsp3) is 0.600. The van der Waals surface area contributed by atoms with Crippen molar-refractivity contribution in [3.63, 3.8) is 0 Å². The Balaban J connectivity index is 1.98. The van der Waals surface area contributed by atoms with E-state index in [1.54, 1.807) is 12.1 Å². The maximum atomic E-state index is 12.0. The van der Waals surface area contributed by atoms with Crippen molar-refractivity contribution < 1.29 is 22.6 Å². The maximum absolute atomic E-state index is 12.0. The van der Waals surface area contributed by atoms with Crippen molar-refractivity contribution >= 4 is 0 Å². The highest BCUT2D eigenvalue weighted by Gasteiger charge is 2.32. The lowest BCUT2D eigenvalue weighted by Crippen LogP contribution is -2.37. The molecule has 118 valence electrons. The SMILES string of the molecule is CC1(C)CC(N)c2ccc(OCCCC(F)(F)F)cc2O1. The van der Waals surface area contributed by atoms with Crippen molar-refractivity contribution in [2.45, 2.75) is 50.9 Å². The van der Waals surface area contributed by atoms with Gasteiger partial charge in [0.05, 0.1) is 6.61 Å². The fourth-order valence-corrected chi connectivity index (χ4v) is 2.44. The number of rotatable bonds is 4. The average molecular weight is 303 g/mol. The van der Waals surface area contributed by atoms with Gasteiger partial charge in [-0.1, -0.05) is 6.07 Å². The van der Waals surface area contributed by atoms with E-state index in [0.717, 1.165) is 5.56 Å². The highest BCUT2D eigenvalue weighted by molar-refractivity contribution is 5.44. The molecule has 1 atom stereocenters. The third-order valence-corrected chi connectivity index (χ3v) is 3.36. The standard InChI is InChI=1S/C15H20F3NO2/c1-14(2)9-12(19)11-5-4-10(8-13(11)21-14)20-7-3-6-15(16,17)18/h4-5,8,12H,3,6-7,9,19H2,1-2H3. The van der Waals surface area contributed by atoms with Gasteiger partial charge in [-0.2, -0.15) is 13.2 Å². The Labute approximate surface area is 122 Å². The van der Waals surface area contributed by atoms with E-state index >= 15 is 0 Å². The van der Waals surface area contributed by atoms with E-state index in [2.05, 4.69) is 0 Å². The molecule has 0 amide bonds. The lowest BCUT2D eigenvalue weighted by molar-refractivity contribution is -0.136. The molecule has 1 aliphatic rings. The van der Waals surface area contributed by atoms with Gasteiger partial charge in [0.2, 0.25) is 0 Å². The Morgan fingerprint density at radius 1 is 1.38 bits per heavy atom. The van der Waals surface area contributed by atoms with Crippen molar-refractivity contribution in [1.29, 1.82) is 0 Å². The second-order valence-electron chi connectivity index (χ2n) is 5.94. The molecule has 1 aromatic rings. The molecule has 0 aliphatic carbocycles.